The van der Waals surface area contributed by atoms with Gasteiger partial charge in [0.15, 0.2) is 0 Å². The number of benzene rings is 1. The number of fused-ring (bicyclic) bond motifs is 1. The fourth-order valence-electron chi connectivity index (χ4n) is 1.80. The van der Waals surface area contributed by atoms with Gasteiger partial charge < -0.3 is 9.84 Å². The van der Waals surface area contributed by atoms with E-state index in [1.165, 1.54) is 0 Å². The number of unbranched alkanes of at least 4 members (excludes halogenated alkanes) is 2. The van der Waals surface area contributed by atoms with E-state index in [-0.39, 0.29) is 6.61 Å². The number of aromatic nitrogens is 1. The molecule has 0 saturated carbocycles. The van der Waals surface area contributed by atoms with Gasteiger partial charge >= 0.3 is 0 Å². The summed E-state index contributed by atoms with van der Waals surface area (Å²) in [7, 11) is 0. The largest absolute Gasteiger partial charge is 0.493 e. The number of pyridine rings is 1. The Morgan fingerprint density at radius 2 is 2.00 bits per heavy atom. The smallest absolute Gasteiger partial charge is 0.129 e. The number of halogens is 1. The standard InChI is InChI=1S/C14H16ClNO2/c15-14-8-7-11-12(16-14)5-4-6-13(11)18-10-3-1-2-9-17/h4-8,17H,1-3,9-10H2. The fourth-order valence-corrected chi connectivity index (χ4v) is 1.95. The molecule has 0 fully saturated rings. The van der Waals surface area contributed by atoms with Crippen molar-refractivity contribution in [2.75, 3.05) is 13.2 Å². The normalized spacial score (nSPS) is 10.8. The Bertz CT molecular complexity index is 516. The van der Waals surface area contributed by atoms with Crippen LogP contribution in [0.15, 0.2) is 30.3 Å². The minimum atomic E-state index is 0.247. The molecule has 4 heteroatoms. The molecule has 0 aliphatic rings. The Morgan fingerprint density at radius 3 is 2.83 bits per heavy atom. The molecule has 18 heavy (non-hydrogen) atoms. The van der Waals surface area contributed by atoms with E-state index in [0.717, 1.165) is 35.9 Å². The summed E-state index contributed by atoms with van der Waals surface area (Å²) in [5.41, 5.74) is 0.843. The molecule has 0 radical (unpaired) electrons. The second-order valence-corrected chi connectivity index (χ2v) is 4.48. The van der Waals surface area contributed by atoms with E-state index >= 15 is 0 Å². The van der Waals surface area contributed by atoms with Crippen LogP contribution < -0.4 is 4.74 Å². The molecule has 0 unspecified atom stereocenters. The fraction of sp³-hybridized carbons (Fsp3) is 0.357. The molecule has 1 heterocycles. The average Bonchev–Trinajstić information content (AvgIpc) is 2.38. The van der Waals surface area contributed by atoms with Gasteiger partial charge in [0.2, 0.25) is 0 Å². The van der Waals surface area contributed by atoms with E-state index < -0.39 is 0 Å². The quantitative estimate of drug-likeness (QED) is 0.643. The van der Waals surface area contributed by atoms with Crippen LogP contribution in [0.1, 0.15) is 19.3 Å². The Hall–Kier alpha value is -1.32. The lowest BCUT2D eigenvalue weighted by Crippen LogP contribution is -1.98. The highest BCUT2D eigenvalue weighted by Gasteiger charge is 2.03. The zero-order valence-electron chi connectivity index (χ0n) is 10.1. The monoisotopic (exact) mass is 265 g/mol. The third-order valence-electron chi connectivity index (χ3n) is 2.72. The Labute approximate surface area is 111 Å². The summed E-state index contributed by atoms with van der Waals surface area (Å²) < 4.78 is 5.74. The number of aliphatic hydroxyl groups is 1. The summed E-state index contributed by atoms with van der Waals surface area (Å²) in [6.45, 7) is 0.901. The lowest BCUT2D eigenvalue weighted by Gasteiger charge is -2.08. The van der Waals surface area contributed by atoms with Crippen LogP contribution in [0, 0.1) is 0 Å². The highest BCUT2D eigenvalue weighted by Crippen LogP contribution is 2.25. The van der Waals surface area contributed by atoms with Crippen LogP contribution in [-0.4, -0.2) is 23.3 Å². The number of hydrogen-bond donors (Lipinski definition) is 1. The number of aliphatic hydroxyl groups excluding tert-OH is 1. The first-order chi connectivity index (χ1) is 8.81. The van der Waals surface area contributed by atoms with E-state index in [2.05, 4.69) is 4.98 Å². The summed E-state index contributed by atoms with van der Waals surface area (Å²) in [6.07, 6.45) is 2.75. The van der Waals surface area contributed by atoms with E-state index in [1.54, 1.807) is 6.07 Å². The molecule has 0 aliphatic carbocycles. The molecule has 0 aliphatic heterocycles. The maximum atomic E-state index is 8.69. The summed E-state index contributed by atoms with van der Waals surface area (Å²) >= 11 is 5.86. The second-order valence-electron chi connectivity index (χ2n) is 4.09. The number of rotatable bonds is 6. The van der Waals surface area contributed by atoms with E-state index in [9.17, 15) is 0 Å². The summed E-state index contributed by atoms with van der Waals surface area (Å²) in [6, 6.07) is 9.45. The zero-order chi connectivity index (χ0) is 12.8. The first-order valence-electron chi connectivity index (χ1n) is 6.10. The number of hydrogen-bond acceptors (Lipinski definition) is 3. The second kappa shape index (κ2) is 6.57. The molecular weight excluding hydrogens is 250 g/mol. The van der Waals surface area contributed by atoms with Crippen LogP contribution in [0.4, 0.5) is 0 Å². The SMILES string of the molecule is OCCCCCOc1cccc2nc(Cl)ccc12. The van der Waals surface area contributed by atoms with Gasteiger partial charge in [-0.15, -0.1) is 0 Å². The van der Waals surface area contributed by atoms with Gasteiger partial charge in [-0.25, -0.2) is 4.98 Å². The molecule has 0 bridgehead atoms. The first kappa shape index (κ1) is 13.1. The van der Waals surface area contributed by atoms with Gasteiger partial charge in [-0.1, -0.05) is 17.7 Å². The highest BCUT2D eigenvalue weighted by molar-refractivity contribution is 6.29. The van der Waals surface area contributed by atoms with Gasteiger partial charge in [-0.3, -0.25) is 0 Å². The molecule has 1 aromatic carbocycles. The predicted molar refractivity (Wildman–Crippen MR) is 73.2 cm³/mol. The highest BCUT2D eigenvalue weighted by atomic mass is 35.5. The van der Waals surface area contributed by atoms with Gasteiger partial charge in [-0.2, -0.15) is 0 Å². The Morgan fingerprint density at radius 1 is 1.11 bits per heavy atom. The molecule has 2 rings (SSSR count). The molecule has 0 atom stereocenters. The molecule has 0 amide bonds. The van der Waals surface area contributed by atoms with Crippen molar-refractivity contribution in [3.8, 4) is 5.75 Å². The maximum Gasteiger partial charge on any atom is 0.129 e. The van der Waals surface area contributed by atoms with Crippen LogP contribution in [0.2, 0.25) is 5.15 Å². The minimum absolute atomic E-state index is 0.247. The third-order valence-corrected chi connectivity index (χ3v) is 2.93. The molecular formula is C14H16ClNO2. The Balaban J connectivity index is 2.04. The van der Waals surface area contributed by atoms with Crippen molar-refractivity contribution in [3.63, 3.8) is 0 Å². The van der Waals surface area contributed by atoms with Crippen LogP contribution in [0.5, 0.6) is 5.75 Å². The maximum absolute atomic E-state index is 8.69. The van der Waals surface area contributed by atoms with E-state index in [4.69, 9.17) is 21.4 Å². The van der Waals surface area contributed by atoms with Gasteiger partial charge in [0, 0.05) is 12.0 Å². The lowest BCUT2D eigenvalue weighted by atomic mass is 10.2. The first-order valence-corrected chi connectivity index (χ1v) is 6.48. The van der Waals surface area contributed by atoms with Crippen molar-refractivity contribution < 1.29 is 9.84 Å². The van der Waals surface area contributed by atoms with Crippen molar-refractivity contribution >= 4 is 22.5 Å². The molecule has 0 saturated heterocycles. The van der Waals surface area contributed by atoms with Crippen molar-refractivity contribution in [2.24, 2.45) is 0 Å². The van der Waals surface area contributed by atoms with E-state index in [0.29, 0.717) is 11.8 Å². The van der Waals surface area contributed by atoms with Crippen LogP contribution in [-0.2, 0) is 0 Å². The minimum Gasteiger partial charge on any atom is -0.493 e. The predicted octanol–water partition coefficient (Wildman–Crippen LogP) is 3.43. The summed E-state index contributed by atoms with van der Waals surface area (Å²) in [5, 5.41) is 10.2. The number of nitrogens with zero attached hydrogens (tertiary/aromatic N) is 1. The van der Waals surface area contributed by atoms with Crippen molar-refractivity contribution in [2.45, 2.75) is 19.3 Å². The summed E-state index contributed by atoms with van der Waals surface area (Å²) in [4.78, 5) is 4.25. The molecule has 0 spiro atoms. The van der Waals surface area contributed by atoms with Crippen LogP contribution in [0.3, 0.4) is 0 Å². The lowest BCUT2D eigenvalue weighted by molar-refractivity contribution is 0.267. The molecule has 2 aromatic rings. The van der Waals surface area contributed by atoms with Gasteiger partial charge in [0.05, 0.1) is 12.1 Å². The van der Waals surface area contributed by atoms with Crippen molar-refractivity contribution in [1.29, 1.82) is 0 Å². The third kappa shape index (κ3) is 3.34. The van der Waals surface area contributed by atoms with Gasteiger partial charge in [0.1, 0.15) is 10.9 Å². The van der Waals surface area contributed by atoms with Crippen molar-refractivity contribution in [3.05, 3.63) is 35.5 Å². The van der Waals surface area contributed by atoms with Crippen LogP contribution in [0.25, 0.3) is 10.9 Å². The van der Waals surface area contributed by atoms with Gasteiger partial charge in [-0.05, 0) is 43.5 Å². The molecule has 1 N–H and O–H groups in total. The van der Waals surface area contributed by atoms with Gasteiger partial charge in [0.25, 0.3) is 0 Å². The van der Waals surface area contributed by atoms with E-state index in [1.807, 2.05) is 24.3 Å². The topological polar surface area (TPSA) is 42.4 Å². The summed E-state index contributed by atoms with van der Waals surface area (Å²) in [5.74, 6) is 0.834. The molecule has 3 nitrogen and oxygen atoms in total. The van der Waals surface area contributed by atoms with Crippen LogP contribution >= 0.6 is 11.6 Å². The zero-order valence-corrected chi connectivity index (χ0v) is 10.9. The van der Waals surface area contributed by atoms with Crippen molar-refractivity contribution in [1.82, 2.24) is 4.98 Å². The molecule has 96 valence electrons. The average molecular weight is 266 g/mol. The number of ether oxygens (including phenoxy) is 1. The molecule has 1 aromatic heterocycles. The Kier molecular flexibility index (Phi) is 4.79.